The van der Waals surface area contributed by atoms with Gasteiger partial charge in [-0.05, 0) is 94.2 Å². The summed E-state index contributed by atoms with van der Waals surface area (Å²) in [7, 11) is 3.07. The van der Waals surface area contributed by atoms with Crippen molar-refractivity contribution in [2.24, 2.45) is 4.99 Å². The molecule has 5 aromatic rings. The fraction of sp³-hybridized carbons (Fsp3) is 0.139. The van der Waals surface area contributed by atoms with Gasteiger partial charge < -0.3 is 19.5 Å². The second kappa shape index (κ2) is 14.3. The molecule has 0 spiro atoms. The maximum absolute atomic E-state index is 14.2. The van der Waals surface area contributed by atoms with Gasteiger partial charge in [0.05, 0.1) is 45.5 Å². The van der Waals surface area contributed by atoms with Gasteiger partial charge in [-0.25, -0.2) is 4.99 Å². The molecule has 13 heteroatoms. The molecule has 0 saturated heterocycles. The zero-order chi connectivity index (χ0) is 34.7. The van der Waals surface area contributed by atoms with Crippen LogP contribution in [0.3, 0.4) is 0 Å². The molecule has 0 fully saturated rings. The van der Waals surface area contributed by atoms with Gasteiger partial charge in [0.25, 0.3) is 17.2 Å². The Hall–Kier alpha value is -5.53. The molecule has 4 aromatic carbocycles. The summed E-state index contributed by atoms with van der Waals surface area (Å²) in [5.74, 6) is 1.07. The molecule has 0 radical (unpaired) electrons. The molecule has 11 nitrogen and oxygen atoms in total. The number of anilines is 1. The molecule has 49 heavy (non-hydrogen) atoms. The second-order valence-corrected chi connectivity index (χ2v) is 12.8. The highest BCUT2D eigenvalue weighted by Crippen LogP contribution is 2.38. The number of rotatable bonds is 10. The standard InChI is InChI=1S/C36H29BrN4O7S/c1-21-31(34(42)39-25-9-5-4-6-10-25)32(24-8-7-11-27(19-24)46-2)40-35(43)30(49-36(40)38-21)18-23-16-28(37)33(29(17-23)47-3)48-20-22-12-14-26(15-13-22)41(44)45/h4-19,32H,20H2,1-3H3,(H,39,42)/b30-18-/t32-/m0/s1. The number of carbonyl (C=O) groups is 1. The molecule has 1 aliphatic heterocycles. The van der Waals surface area contributed by atoms with E-state index in [9.17, 15) is 19.7 Å². The largest absolute Gasteiger partial charge is 0.497 e. The number of halogens is 1. The van der Waals surface area contributed by atoms with Crippen LogP contribution < -0.4 is 34.4 Å². The van der Waals surface area contributed by atoms with Crippen LogP contribution in [-0.4, -0.2) is 29.6 Å². The van der Waals surface area contributed by atoms with Gasteiger partial charge in [-0.15, -0.1) is 0 Å². The highest BCUT2D eigenvalue weighted by Gasteiger charge is 2.33. The maximum Gasteiger partial charge on any atom is 0.271 e. The van der Waals surface area contributed by atoms with Gasteiger partial charge in [-0.1, -0.05) is 41.7 Å². The van der Waals surface area contributed by atoms with E-state index in [-0.39, 0.29) is 23.8 Å². The number of fused-ring (bicyclic) bond motifs is 1. The Morgan fingerprint density at radius 2 is 1.80 bits per heavy atom. The first kappa shape index (κ1) is 33.4. The van der Waals surface area contributed by atoms with Gasteiger partial charge in [-0.2, -0.15) is 0 Å². The SMILES string of the molecule is COc1cccc([C@H]2C(C(=O)Nc3ccccc3)=C(C)N=c3s/c(=C\c4cc(Br)c(OCc5ccc([N+](=O)[O-])cc5)c(OC)c4)c(=O)n32)c1. The zero-order valence-corrected chi connectivity index (χ0v) is 28.9. The molecule has 0 saturated carbocycles. The van der Waals surface area contributed by atoms with E-state index in [2.05, 4.69) is 21.2 Å². The molecule has 1 aliphatic rings. The lowest BCUT2D eigenvalue weighted by molar-refractivity contribution is -0.384. The number of non-ortho nitro benzene ring substituents is 1. The molecule has 248 valence electrons. The molecule has 2 heterocycles. The van der Waals surface area contributed by atoms with Crippen molar-refractivity contribution in [3.05, 3.63) is 153 Å². The summed E-state index contributed by atoms with van der Waals surface area (Å²) in [6, 6.07) is 25.3. The molecule has 1 aromatic heterocycles. The van der Waals surface area contributed by atoms with Gasteiger partial charge in [0.15, 0.2) is 16.3 Å². The van der Waals surface area contributed by atoms with Crippen molar-refractivity contribution in [2.45, 2.75) is 19.6 Å². The van der Waals surface area contributed by atoms with Crippen LogP contribution in [0.1, 0.15) is 29.7 Å². The second-order valence-electron chi connectivity index (χ2n) is 10.9. The minimum Gasteiger partial charge on any atom is -0.497 e. The first-order valence-electron chi connectivity index (χ1n) is 14.9. The van der Waals surface area contributed by atoms with Crippen molar-refractivity contribution in [2.75, 3.05) is 19.5 Å². The Morgan fingerprint density at radius 1 is 1.04 bits per heavy atom. The minimum atomic E-state index is -0.770. The van der Waals surface area contributed by atoms with E-state index in [1.165, 1.54) is 30.6 Å². The third-order valence-corrected chi connectivity index (χ3v) is 9.36. The van der Waals surface area contributed by atoms with Crippen LogP contribution in [-0.2, 0) is 11.4 Å². The van der Waals surface area contributed by atoms with E-state index in [0.29, 0.717) is 59.1 Å². The number of hydrogen-bond acceptors (Lipinski definition) is 9. The van der Waals surface area contributed by atoms with E-state index in [4.69, 9.17) is 19.2 Å². The maximum atomic E-state index is 14.2. The van der Waals surface area contributed by atoms with Crippen LogP contribution in [0, 0.1) is 10.1 Å². The molecule has 1 amide bonds. The number of carbonyl (C=O) groups excluding carboxylic acids is 1. The Bertz CT molecular complexity index is 2280. The molecule has 6 rings (SSSR count). The summed E-state index contributed by atoms with van der Waals surface area (Å²) < 4.78 is 19.7. The fourth-order valence-electron chi connectivity index (χ4n) is 5.44. The normalized spacial score (nSPS) is 14.1. The Morgan fingerprint density at radius 3 is 2.49 bits per heavy atom. The summed E-state index contributed by atoms with van der Waals surface area (Å²) in [4.78, 5) is 43.7. The highest BCUT2D eigenvalue weighted by molar-refractivity contribution is 9.10. The van der Waals surface area contributed by atoms with E-state index < -0.39 is 11.0 Å². The van der Waals surface area contributed by atoms with Crippen molar-refractivity contribution >= 4 is 50.6 Å². The van der Waals surface area contributed by atoms with Crippen molar-refractivity contribution in [1.82, 2.24) is 4.57 Å². The number of amides is 1. The predicted molar refractivity (Wildman–Crippen MR) is 190 cm³/mol. The first-order valence-corrected chi connectivity index (χ1v) is 16.5. The van der Waals surface area contributed by atoms with Crippen molar-refractivity contribution < 1.29 is 23.9 Å². The summed E-state index contributed by atoms with van der Waals surface area (Å²) in [5.41, 5.74) is 3.22. The van der Waals surface area contributed by atoms with Crippen molar-refractivity contribution in [3.63, 3.8) is 0 Å². The number of methoxy groups -OCH3 is 2. The number of hydrogen-bond donors (Lipinski definition) is 1. The van der Waals surface area contributed by atoms with Crippen molar-refractivity contribution in [1.29, 1.82) is 0 Å². The van der Waals surface area contributed by atoms with Gasteiger partial charge in [0, 0.05) is 17.8 Å². The van der Waals surface area contributed by atoms with Crippen LogP contribution in [0.25, 0.3) is 6.08 Å². The Labute approximate surface area is 292 Å². The average Bonchev–Trinajstić information content (AvgIpc) is 3.40. The smallest absolute Gasteiger partial charge is 0.271 e. The molecule has 1 atom stereocenters. The van der Waals surface area contributed by atoms with Crippen LogP contribution in [0.4, 0.5) is 11.4 Å². The molecule has 0 unspecified atom stereocenters. The third kappa shape index (κ3) is 7.03. The minimum absolute atomic E-state index is 0.00575. The van der Waals surface area contributed by atoms with Gasteiger partial charge in [-0.3, -0.25) is 24.3 Å². The van der Waals surface area contributed by atoms with Crippen LogP contribution in [0.5, 0.6) is 17.2 Å². The average molecular weight is 742 g/mol. The van der Waals surface area contributed by atoms with Crippen molar-refractivity contribution in [3.8, 4) is 17.2 Å². The van der Waals surface area contributed by atoms with Gasteiger partial charge >= 0.3 is 0 Å². The van der Waals surface area contributed by atoms with Crippen LogP contribution in [0.15, 0.2) is 117 Å². The third-order valence-electron chi connectivity index (χ3n) is 7.79. The number of para-hydroxylation sites is 1. The lowest BCUT2D eigenvalue weighted by Gasteiger charge is -2.25. The Balaban J connectivity index is 1.38. The van der Waals surface area contributed by atoms with Crippen LogP contribution >= 0.6 is 27.3 Å². The topological polar surface area (TPSA) is 134 Å². The molecule has 1 N–H and O–H groups in total. The van der Waals surface area contributed by atoms with E-state index in [0.717, 1.165) is 5.56 Å². The summed E-state index contributed by atoms with van der Waals surface area (Å²) >= 11 is 4.79. The number of ether oxygens (including phenoxy) is 3. The number of allylic oxidation sites excluding steroid dienone is 1. The number of nitrogens with one attached hydrogen (secondary N) is 1. The Kier molecular flexibility index (Phi) is 9.74. The van der Waals surface area contributed by atoms with E-state index in [1.807, 2.05) is 36.4 Å². The predicted octanol–water partition coefficient (Wildman–Crippen LogP) is 6.14. The number of aromatic nitrogens is 1. The number of nitro benzene ring substituents is 1. The monoisotopic (exact) mass is 740 g/mol. The quantitative estimate of drug-likeness (QED) is 0.134. The molecular weight excluding hydrogens is 712 g/mol. The fourth-order valence-corrected chi connectivity index (χ4v) is 7.06. The van der Waals surface area contributed by atoms with Crippen LogP contribution in [0.2, 0.25) is 0 Å². The number of nitro groups is 1. The van der Waals surface area contributed by atoms with Gasteiger partial charge in [0.2, 0.25) is 0 Å². The molecule has 0 bridgehead atoms. The summed E-state index contributed by atoms with van der Waals surface area (Å²) in [6.07, 6.45) is 1.74. The number of benzene rings is 4. The molecular formula is C36H29BrN4O7S. The number of nitrogens with zero attached hydrogens (tertiary/aromatic N) is 3. The highest BCUT2D eigenvalue weighted by atomic mass is 79.9. The first-order chi connectivity index (χ1) is 23.7. The van der Waals surface area contributed by atoms with Gasteiger partial charge in [0.1, 0.15) is 12.4 Å². The summed E-state index contributed by atoms with van der Waals surface area (Å²) in [6.45, 7) is 1.91. The molecule has 0 aliphatic carbocycles. The lowest BCUT2D eigenvalue weighted by atomic mass is 9.95. The van der Waals surface area contributed by atoms with E-state index >= 15 is 0 Å². The zero-order valence-electron chi connectivity index (χ0n) is 26.5. The summed E-state index contributed by atoms with van der Waals surface area (Å²) in [5, 5.41) is 13.9. The lowest BCUT2D eigenvalue weighted by Crippen LogP contribution is -2.40. The van der Waals surface area contributed by atoms with E-state index in [1.54, 1.807) is 67.1 Å². The number of thiazole rings is 1.